The van der Waals surface area contributed by atoms with Crippen LogP contribution in [0.25, 0.3) is 21.8 Å². The van der Waals surface area contributed by atoms with E-state index in [-0.39, 0.29) is 128 Å². The van der Waals surface area contributed by atoms with Crippen LogP contribution in [-0.4, -0.2) is 283 Å². The second kappa shape index (κ2) is 49.4. The lowest BCUT2D eigenvalue weighted by Gasteiger charge is -2.38. The minimum absolute atomic E-state index is 0.00361. The first kappa shape index (κ1) is 104. The summed E-state index contributed by atoms with van der Waals surface area (Å²) in [6, 6.07) is 1.87. The Morgan fingerprint density at radius 3 is 1.71 bits per heavy atom. The number of carboxylic acids is 1. The van der Waals surface area contributed by atoms with Gasteiger partial charge in [0.1, 0.15) is 84.8 Å². The summed E-state index contributed by atoms with van der Waals surface area (Å²) in [4.78, 5) is 260. The van der Waals surface area contributed by atoms with E-state index in [2.05, 4.69) is 47.5 Å². The topological polar surface area (TPSA) is 577 Å². The van der Waals surface area contributed by atoms with Crippen LogP contribution < -0.4 is 70.2 Å². The van der Waals surface area contributed by atoms with E-state index in [1.54, 1.807) is 107 Å². The molecule has 4 aliphatic heterocycles. The zero-order chi connectivity index (χ0) is 97.2. The standard InChI is InChI=1S/C94H135N19O20/c1-10-12-26-73-87(125)103-66(40-53(3)4)85(123)101-64(82(98)120)25-20-31-80(117)100-68(42-55-32-34-60(133-9)35-33-55)91(129)111-38-19-18-29-74(111)88(126)106-70(47-79(97)116)92(130)112-39-21-30-75(112)89(127)107-71(48-96)86(124)104-67(41-54(5)6)93(131)113-51-59(114)46-77(113)78(115)45-56(43-57-49-99-63-24-16-14-22-61(57)63)83(121)102-65(36-37-95)84(122)105-69(90(128)109(8)76(27-13-11-2)94(132)108(73)7)44-58-50-110(52-81(118)119)72-28-17-15-23-62(58)72/h14-17,22-24,28,32-35,49-50,53-54,56,59,64-71,73-77,99,114H,10-13,18-21,25-27,29-31,36-48,51-52,95-96H2,1-9H3,(H2,97,116)(H2,98,120)(H,100,117)(H,101,123)(H,102,121)(H,103,125)(H,104,124)(H,105,122)(H,106,126)(H,107,127)(H,118,119)/t56-,59-,64+,65+,66+,67+,68+,69+,70+,71+,73+,74+,75+,76+,77+/m1/s1. The summed E-state index contributed by atoms with van der Waals surface area (Å²) in [5, 5.41) is 44.8. The first-order valence-electron chi connectivity index (χ1n) is 46.4. The van der Waals surface area contributed by atoms with Gasteiger partial charge in [-0.25, -0.2) is 0 Å². The number of hydrogen-bond acceptors (Lipinski definition) is 21. The molecule has 0 saturated carbocycles. The highest BCUT2D eigenvalue weighted by atomic mass is 16.5. The van der Waals surface area contributed by atoms with Crippen LogP contribution in [-0.2, 0) is 107 Å². The number of aromatic amines is 1. The molecule has 5 aromatic rings. The number of Topliss-reactive ketones (excluding diaryl/α,β-unsaturated/α-hetero) is 1. The normalized spacial score (nSPS) is 25.6. The van der Waals surface area contributed by atoms with Crippen LogP contribution in [0.1, 0.15) is 187 Å². The number of likely N-dealkylation sites (N-methyl/N-ethyl adjacent to an activating group) is 2. The number of piperidine rings is 1. The molecule has 2 aromatic heterocycles. The van der Waals surface area contributed by atoms with Gasteiger partial charge in [0.05, 0.1) is 25.7 Å². The molecule has 9 rings (SSSR count). The molecule has 0 radical (unpaired) electrons. The number of H-pyrrole nitrogens is 1. The van der Waals surface area contributed by atoms with Crippen LogP contribution in [0.15, 0.2) is 85.2 Å². The van der Waals surface area contributed by atoms with Crippen molar-refractivity contribution in [1.82, 2.24) is 76.6 Å². The molecule has 39 nitrogen and oxygen atoms in total. The van der Waals surface area contributed by atoms with Crippen molar-refractivity contribution in [2.24, 2.45) is 40.7 Å². The number of aliphatic hydroxyl groups is 1. The summed E-state index contributed by atoms with van der Waals surface area (Å²) in [5.74, 6) is -16.1. The van der Waals surface area contributed by atoms with Crippen molar-refractivity contribution in [2.45, 2.75) is 280 Å². The third-order valence-corrected chi connectivity index (χ3v) is 25.3. The Morgan fingerprint density at radius 2 is 1.08 bits per heavy atom. The fourth-order valence-corrected chi connectivity index (χ4v) is 18.3. The molecule has 15 atom stereocenters. The molecule has 4 fully saturated rings. The molecule has 133 heavy (non-hydrogen) atoms. The monoisotopic (exact) mass is 1850 g/mol. The van der Waals surface area contributed by atoms with Crippen molar-refractivity contribution in [3.63, 3.8) is 0 Å². The first-order chi connectivity index (χ1) is 63.4. The van der Waals surface area contributed by atoms with Crippen LogP contribution in [0.2, 0.25) is 0 Å². The molecule has 0 spiro atoms. The van der Waals surface area contributed by atoms with Crippen molar-refractivity contribution < 1.29 is 96.5 Å². The van der Waals surface area contributed by atoms with E-state index >= 15 is 38.4 Å². The number of aliphatic hydroxyl groups excluding tert-OH is 1. The fraction of sp³-hybridized carbons (Fsp3) is 0.585. The number of fused-ring (bicyclic) bond motifs is 5. The molecule has 6 heterocycles. The molecule has 4 aliphatic rings. The number of nitrogens with zero attached hydrogens (tertiary/aromatic N) is 6. The first-order valence-corrected chi connectivity index (χ1v) is 46.4. The number of hydrogen-bond donors (Lipinski definition) is 15. The van der Waals surface area contributed by atoms with E-state index in [1.165, 1.54) is 46.7 Å². The molecule has 0 aliphatic carbocycles. The number of para-hydroxylation sites is 2. The quantitative estimate of drug-likeness (QED) is 0.0388. The molecular weight excluding hydrogens is 1720 g/mol. The Labute approximate surface area is 774 Å². The van der Waals surface area contributed by atoms with Gasteiger partial charge in [-0.15, -0.1) is 0 Å². The van der Waals surface area contributed by atoms with Gasteiger partial charge in [0.2, 0.25) is 88.6 Å². The minimum Gasteiger partial charge on any atom is -0.497 e. The second-order valence-corrected chi connectivity index (χ2v) is 36.3. The highest BCUT2D eigenvalue weighted by Gasteiger charge is 2.47. The van der Waals surface area contributed by atoms with Gasteiger partial charge in [0, 0.05) is 112 Å². The van der Waals surface area contributed by atoms with Gasteiger partial charge >= 0.3 is 5.97 Å². The number of benzene rings is 3. The summed E-state index contributed by atoms with van der Waals surface area (Å²) in [6.07, 6.45) is 1.58. The summed E-state index contributed by atoms with van der Waals surface area (Å²) >= 11 is 0. The molecule has 19 N–H and O–H groups in total. The fourth-order valence-electron chi connectivity index (χ4n) is 18.3. The molecule has 3 aromatic carbocycles. The maximum absolute atomic E-state index is 15.9. The van der Waals surface area contributed by atoms with Crippen LogP contribution in [0, 0.1) is 17.8 Å². The SMILES string of the molecule is CCCC[C@H]1C(=O)N(C)[C@@H](CCCC)C(=O)N[C@@H](CC(C)C)C(=O)N[C@H](C(N)=O)CCCC(=O)N[C@@H](Cc2ccc(OC)cc2)C(=O)N2CCCC[C@H]2C(=O)N[C@@H](CC(N)=O)C(=O)N2CCC[C@H]2C(=O)N[C@@H](CN)C(=O)N[C@@H](CC(C)C)C(=O)N2C[C@H](O)C[C@H]2C(=O)C[C@@H](Cc2c[nH]c3ccccc23)C(=O)N[C@@H](CCN)C(=O)N[C@@H](Cc2cn(CC(=O)O)c3ccccc23)C(=O)N1C. The number of aromatic nitrogens is 2. The maximum Gasteiger partial charge on any atom is 0.323 e. The zero-order valence-corrected chi connectivity index (χ0v) is 77.6. The van der Waals surface area contributed by atoms with E-state index < -0.39 is 223 Å². The second-order valence-electron chi connectivity index (χ2n) is 36.3. The van der Waals surface area contributed by atoms with E-state index in [1.807, 2.05) is 13.8 Å². The highest BCUT2D eigenvalue weighted by molar-refractivity contribution is 6.02. The number of rotatable bonds is 25. The average Bonchev–Trinajstić information content (AvgIpc) is 1.67. The number of ether oxygens (including phenoxy) is 1. The smallest absolute Gasteiger partial charge is 0.323 e. The van der Waals surface area contributed by atoms with Crippen molar-refractivity contribution in [1.29, 1.82) is 0 Å². The van der Waals surface area contributed by atoms with Crippen molar-refractivity contribution in [2.75, 3.05) is 53.9 Å². The Balaban J connectivity index is 1.10. The van der Waals surface area contributed by atoms with Crippen LogP contribution in [0.3, 0.4) is 0 Å². The number of nitrogens with two attached hydrogens (primary N) is 4. The van der Waals surface area contributed by atoms with Crippen molar-refractivity contribution >= 4 is 122 Å². The molecule has 0 unspecified atom stereocenters. The maximum atomic E-state index is 15.9. The van der Waals surface area contributed by atoms with Gasteiger partial charge < -0.3 is 114 Å². The Bertz CT molecular complexity index is 4980. The van der Waals surface area contributed by atoms with Gasteiger partial charge in [0.15, 0.2) is 5.78 Å². The number of ketones is 1. The Morgan fingerprint density at radius 1 is 0.526 bits per heavy atom. The summed E-state index contributed by atoms with van der Waals surface area (Å²) in [7, 11) is 4.23. The third kappa shape index (κ3) is 28.1. The molecule has 4 saturated heterocycles. The lowest BCUT2D eigenvalue weighted by molar-refractivity contribution is -0.149. The number of aliphatic carboxylic acids is 1. The van der Waals surface area contributed by atoms with Crippen LogP contribution in [0.4, 0.5) is 0 Å². The van der Waals surface area contributed by atoms with Gasteiger partial charge in [-0.1, -0.05) is 116 Å². The van der Waals surface area contributed by atoms with E-state index in [9.17, 15) is 53.4 Å². The summed E-state index contributed by atoms with van der Waals surface area (Å²) in [5.41, 5.74) is 26.9. The summed E-state index contributed by atoms with van der Waals surface area (Å²) < 4.78 is 6.84. The van der Waals surface area contributed by atoms with E-state index in [0.29, 0.717) is 82.8 Å². The number of carbonyl (C=O) groups is 17. The number of primary amides is 2. The van der Waals surface area contributed by atoms with Crippen LogP contribution in [0.5, 0.6) is 5.75 Å². The zero-order valence-electron chi connectivity index (χ0n) is 77.6. The summed E-state index contributed by atoms with van der Waals surface area (Å²) in [6.45, 7) is 9.07. The number of carbonyl (C=O) groups excluding carboxylic acids is 16. The Hall–Kier alpha value is -12.4. The van der Waals surface area contributed by atoms with Gasteiger partial charge in [-0.2, -0.15) is 0 Å². The third-order valence-electron chi connectivity index (χ3n) is 25.3. The van der Waals surface area contributed by atoms with E-state index in [0.717, 1.165) is 9.80 Å². The minimum atomic E-state index is -1.70. The number of nitrogens with one attached hydrogen (secondary N) is 9. The van der Waals surface area contributed by atoms with Gasteiger partial charge in [-0.3, -0.25) is 81.5 Å². The predicted octanol–water partition coefficient (Wildman–Crippen LogP) is 1.01. The lowest BCUT2D eigenvalue weighted by atomic mass is 9.90. The van der Waals surface area contributed by atoms with Gasteiger partial charge in [-0.05, 0) is 143 Å². The average molecular weight is 1850 g/mol. The van der Waals surface area contributed by atoms with Crippen molar-refractivity contribution in [3.8, 4) is 5.75 Å². The number of carboxylic acid groups (broad SMARTS) is 1. The molecule has 0 bridgehead atoms. The highest BCUT2D eigenvalue weighted by Crippen LogP contribution is 2.31. The number of methoxy groups -OCH3 is 1. The molecule has 726 valence electrons. The predicted molar refractivity (Wildman–Crippen MR) is 491 cm³/mol. The Kier molecular flexibility index (Phi) is 38.7. The largest absolute Gasteiger partial charge is 0.497 e. The number of unbranched alkanes of at least 4 members (excludes halogenated alkanes) is 2. The van der Waals surface area contributed by atoms with Crippen LogP contribution >= 0.6 is 0 Å². The number of amides is 15. The van der Waals surface area contributed by atoms with Crippen molar-refractivity contribution in [3.05, 3.63) is 102 Å². The van der Waals surface area contributed by atoms with E-state index in [4.69, 9.17) is 27.7 Å². The lowest BCUT2D eigenvalue weighted by Crippen LogP contribution is -2.62. The van der Waals surface area contributed by atoms with Gasteiger partial charge in [0.25, 0.3) is 0 Å². The molecule has 39 heteroatoms. The molecule has 15 amide bonds. The molecular formula is C94H135N19O20.